The summed E-state index contributed by atoms with van der Waals surface area (Å²) in [7, 11) is 0. The number of amides is 1. The molecule has 0 spiro atoms. The van der Waals surface area contributed by atoms with Gasteiger partial charge in [0.05, 0.1) is 24.0 Å². The number of benzene rings is 1. The molecule has 1 fully saturated rings. The van der Waals surface area contributed by atoms with Gasteiger partial charge in [0.15, 0.2) is 5.69 Å². The normalized spacial score (nSPS) is 18.5. The van der Waals surface area contributed by atoms with Crippen LogP contribution < -0.4 is 20.1 Å². The van der Waals surface area contributed by atoms with E-state index in [2.05, 4.69) is 20.9 Å². The van der Waals surface area contributed by atoms with Crippen LogP contribution in [-0.4, -0.2) is 46.7 Å². The molecule has 1 saturated heterocycles. The van der Waals surface area contributed by atoms with E-state index < -0.39 is 0 Å². The number of carbonyl (C=O) groups excluding carboxylic acids is 1. The Labute approximate surface area is 176 Å². The summed E-state index contributed by atoms with van der Waals surface area (Å²) in [6.07, 6.45) is 2.94. The van der Waals surface area contributed by atoms with Gasteiger partial charge in [-0.25, -0.2) is 4.68 Å². The van der Waals surface area contributed by atoms with E-state index in [4.69, 9.17) is 9.47 Å². The van der Waals surface area contributed by atoms with Crippen LogP contribution in [0.2, 0.25) is 0 Å². The Hall–Kier alpha value is -2.32. The highest BCUT2D eigenvalue weighted by Gasteiger charge is 2.26. The van der Waals surface area contributed by atoms with Gasteiger partial charge in [0.25, 0.3) is 5.91 Å². The minimum Gasteiger partial charge on any atom is -0.492 e. The Morgan fingerprint density at radius 1 is 1.38 bits per heavy atom. The van der Waals surface area contributed by atoms with E-state index in [9.17, 15) is 4.79 Å². The van der Waals surface area contributed by atoms with E-state index in [-0.39, 0.29) is 30.5 Å². The van der Waals surface area contributed by atoms with Crippen molar-refractivity contribution in [2.24, 2.45) is 0 Å². The summed E-state index contributed by atoms with van der Waals surface area (Å²) >= 11 is 0. The summed E-state index contributed by atoms with van der Waals surface area (Å²) in [6, 6.07) is 4.08. The van der Waals surface area contributed by atoms with Crippen molar-refractivity contribution in [1.82, 2.24) is 20.3 Å². The third-order valence-electron chi connectivity index (χ3n) is 5.34. The van der Waals surface area contributed by atoms with Gasteiger partial charge in [-0.2, -0.15) is 0 Å². The van der Waals surface area contributed by atoms with E-state index in [0.29, 0.717) is 23.7 Å². The fraction of sp³-hybridized carbons (Fsp3) is 0.550. The van der Waals surface area contributed by atoms with Gasteiger partial charge >= 0.3 is 0 Å². The third kappa shape index (κ3) is 4.33. The summed E-state index contributed by atoms with van der Waals surface area (Å²) in [4.78, 5) is 12.9. The molecule has 0 aliphatic carbocycles. The first-order chi connectivity index (χ1) is 13.6. The molecule has 1 atom stereocenters. The largest absolute Gasteiger partial charge is 0.492 e. The Morgan fingerprint density at radius 2 is 2.14 bits per heavy atom. The molecule has 8 nitrogen and oxygen atoms in total. The van der Waals surface area contributed by atoms with E-state index in [1.54, 1.807) is 0 Å². The van der Waals surface area contributed by atoms with E-state index >= 15 is 0 Å². The molecule has 1 unspecified atom stereocenters. The molecule has 3 heterocycles. The second kappa shape index (κ2) is 9.00. The fourth-order valence-corrected chi connectivity index (χ4v) is 3.94. The maximum atomic E-state index is 12.9. The van der Waals surface area contributed by atoms with Crippen molar-refractivity contribution in [3.8, 4) is 11.5 Å². The summed E-state index contributed by atoms with van der Waals surface area (Å²) in [5.74, 6) is 1.15. The first-order valence-corrected chi connectivity index (χ1v) is 9.97. The van der Waals surface area contributed by atoms with Gasteiger partial charge in [-0.1, -0.05) is 5.21 Å². The quantitative estimate of drug-likeness (QED) is 0.771. The van der Waals surface area contributed by atoms with Crippen molar-refractivity contribution in [2.45, 2.75) is 52.2 Å². The number of hydrogen-bond donors (Lipinski definition) is 2. The van der Waals surface area contributed by atoms with Crippen LogP contribution in [0.3, 0.4) is 0 Å². The lowest BCUT2D eigenvalue weighted by Crippen LogP contribution is -2.30. The number of carbonyl (C=O) groups is 1. The van der Waals surface area contributed by atoms with Gasteiger partial charge in [0, 0.05) is 18.1 Å². The maximum Gasteiger partial charge on any atom is 0.278 e. The van der Waals surface area contributed by atoms with Gasteiger partial charge in [0.2, 0.25) is 0 Å². The topological polar surface area (TPSA) is 90.3 Å². The van der Waals surface area contributed by atoms with Crippen LogP contribution in [0.25, 0.3) is 0 Å². The van der Waals surface area contributed by atoms with Crippen LogP contribution >= 0.6 is 12.4 Å². The van der Waals surface area contributed by atoms with E-state index in [0.717, 1.165) is 49.4 Å². The molecule has 0 bridgehead atoms. The van der Waals surface area contributed by atoms with Gasteiger partial charge in [0.1, 0.15) is 17.6 Å². The smallest absolute Gasteiger partial charge is 0.278 e. The second-order valence-electron chi connectivity index (χ2n) is 7.43. The lowest BCUT2D eigenvalue weighted by Gasteiger charge is -2.23. The number of rotatable bonds is 5. The van der Waals surface area contributed by atoms with Crippen LogP contribution in [0.15, 0.2) is 12.1 Å². The number of aromatic nitrogens is 3. The van der Waals surface area contributed by atoms with Gasteiger partial charge in [-0.3, -0.25) is 4.79 Å². The molecule has 29 heavy (non-hydrogen) atoms. The molecule has 0 saturated carbocycles. The Balaban J connectivity index is 0.00000240. The molecular formula is C20H28ClN5O3. The Kier molecular flexibility index (Phi) is 6.64. The van der Waals surface area contributed by atoms with Crippen LogP contribution in [0.1, 0.15) is 54.5 Å². The first-order valence-electron chi connectivity index (χ1n) is 9.97. The number of fused-ring (bicyclic) bond motifs is 1. The standard InChI is InChI=1S/C20H27N5O3.ClH/c1-4-27-18-10-14-9-12(2)28-17(14)11-16(18)22-20(26)19-13(3)25(24-23-19)15-5-7-21-8-6-15;/h10-12,15,21H,4-9H2,1-3H3,(H,22,26);1H. The zero-order valence-corrected chi connectivity index (χ0v) is 17.8. The molecule has 2 aliphatic rings. The van der Waals surface area contributed by atoms with Crippen molar-refractivity contribution in [1.29, 1.82) is 0 Å². The number of halogens is 1. The Morgan fingerprint density at radius 3 is 2.86 bits per heavy atom. The second-order valence-corrected chi connectivity index (χ2v) is 7.43. The summed E-state index contributed by atoms with van der Waals surface area (Å²) in [5, 5.41) is 14.7. The van der Waals surface area contributed by atoms with Crippen molar-refractivity contribution >= 4 is 24.0 Å². The average Bonchev–Trinajstić information content (AvgIpc) is 3.24. The highest BCUT2D eigenvalue weighted by molar-refractivity contribution is 6.04. The molecule has 2 aromatic rings. The molecule has 4 rings (SSSR count). The van der Waals surface area contributed by atoms with Crippen LogP contribution in [-0.2, 0) is 6.42 Å². The molecule has 158 valence electrons. The Bertz CT molecular complexity index is 879. The molecule has 0 radical (unpaired) electrons. The molecule has 9 heteroatoms. The van der Waals surface area contributed by atoms with E-state index in [1.807, 2.05) is 37.6 Å². The average molecular weight is 422 g/mol. The molecule has 1 aromatic carbocycles. The predicted octanol–water partition coefficient (Wildman–Crippen LogP) is 2.91. The monoisotopic (exact) mass is 421 g/mol. The van der Waals surface area contributed by atoms with Crippen LogP contribution in [0.4, 0.5) is 5.69 Å². The highest BCUT2D eigenvalue weighted by Crippen LogP contribution is 2.38. The molecule has 1 amide bonds. The third-order valence-corrected chi connectivity index (χ3v) is 5.34. The number of anilines is 1. The lowest BCUT2D eigenvalue weighted by atomic mass is 10.1. The molecular weight excluding hydrogens is 394 g/mol. The van der Waals surface area contributed by atoms with Crippen molar-refractivity contribution in [2.75, 3.05) is 25.0 Å². The minimum absolute atomic E-state index is 0. The maximum absolute atomic E-state index is 12.9. The van der Waals surface area contributed by atoms with E-state index in [1.165, 1.54) is 0 Å². The molecule has 2 N–H and O–H groups in total. The zero-order valence-electron chi connectivity index (χ0n) is 17.0. The number of nitrogens with one attached hydrogen (secondary N) is 2. The number of ether oxygens (including phenoxy) is 2. The first kappa shape index (κ1) is 21.4. The summed E-state index contributed by atoms with van der Waals surface area (Å²) in [5.41, 5.74) is 2.82. The predicted molar refractivity (Wildman–Crippen MR) is 113 cm³/mol. The number of hydrogen-bond acceptors (Lipinski definition) is 6. The fourth-order valence-electron chi connectivity index (χ4n) is 3.94. The SMILES string of the molecule is CCOc1cc2c(cc1NC(=O)c1nnn(C3CCNCC3)c1C)OC(C)C2.Cl. The van der Waals surface area contributed by atoms with Crippen molar-refractivity contribution in [3.05, 3.63) is 29.1 Å². The summed E-state index contributed by atoms with van der Waals surface area (Å²) < 4.78 is 13.5. The van der Waals surface area contributed by atoms with Crippen LogP contribution in [0, 0.1) is 6.92 Å². The summed E-state index contributed by atoms with van der Waals surface area (Å²) in [6.45, 7) is 8.28. The highest BCUT2D eigenvalue weighted by atomic mass is 35.5. The molecule has 1 aromatic heterocycles. The van der Waals surface area contributed by atoms with Crippen molar-refractivity contribution in [3.63, 3.8) is 0 Å². The molecule has 2 aliphatic heterocycles. The number of piperidine rings is 1. The number of nitrogens with zero attached hydrogens (tertiary/aromatic N) is 3. The van der Waals surface area contributed by atoms with Gasteiger partial charge in [-0.15, -0.1) is 17.5 Å². The van der Waals surface area contributed by atoms with Crippen molar-refractivity contribution < 1.29 is 14.3 Å². The van der Waals surface area contributed by atoms with Crippen LogP contribution in [0.5, 0.6) is 11.5 Å². The lowest BCUT2D eigenvalue weighted by molar-refractivity contribution is 0.102. The van der Waals surface area contributed by atoms with Gasteiger partial charge < -0.3 is 20.1 Å². The zero-order chi connectivity index (χ0) is 19.7. The minimum atomic E-state index is -0.287. The van der Waals surface area contributed by atoms with Gasteiger partial charge in [-0.05, 0) is 52.8 Å².